The van der Waals surface area contributed by atoms with Crippen LogP contribution in [0.5, 0.6) is 11.5 Å². The second kappa shape index (κ2) is 11.1. The van der Waals surface area contributed by atoms with Crippen molar-refractivity contribution in [1.29, 1.82) is 5.26 Å². The third-order valence-corrected chi connectivity index (χ3v) is 4.15. The number of halogens is 2. The summed E-state index contributed by atoms with van der Waals surface area (Å²) >= 11 is 11.8. The van der Waals surface area contributed by atoms with Gasteiger partial charge in [0.15, 0.2) is 18.1 Å². The van der Waals surface area contributed by atoms with E-state index in [0.717, 1.165) is 0 Å². The Morgan fingerprint density at radius 2 is 1.83 bits per heavy atom. The molecule has 0 spiro atoms. The summed E-state index contributed by atoms with van der Waals surface area (Å²) in [5, 5.41) is 15.3. The highest BCUT2D eigenvalue weighted by molar-refractivity contribution is 6.35. The van der Waals surface area contributed by atoms with E-state index in [-0.39, 0.29) is 18.1 Å². The Labute approximate surface area is 184 Å². The third kappa shape index (κ3) is 6.69. The second-order valence-electron chi connectivity index (χ2n) is 5.93. The topological polar surface area (TPSA) is 100 Å². The standard InChI is InChI=1S/C21H19Cl2N3O4/c1-3-25-20(27)12-30-18-5-4-13(7-19(18)29-2)6-14(11-24)21(28)26-17-9-15(22)8-16(23)10-17/h4-10H,3,12H2,1-2H3,(H,25,27)(H,26,28)/b14-6+. The molecule has 2 aromatic rings. The smallest absolute Gasteiger partial charge is 0.266 e. The number of anilines is 1. The van der Waals surface area contributed by atoms with Gasteiger partial charge in [-0.2, -0.15) is 5.26 Å². The first kappa shape index (κ1) is 23.1. The first-order valence-electron chi connectivity index (χ1n) is 8.83. The predicted octanol–water partition coefficient (Wildman–Crippen LogP) is 4.06. The van der Waals surface area contributed by atoms with E-state index in [1.54, 1.807) is 18.2 Å². The highest BCUT2D eigenvalue weighted by Crippen LogP contribution is 2.29. The zero-order valence-corrected chi connectivity index (χ0v) is 17.8. The molecule has 0 saturated heterocycles. The molecule has 0 aliphatic rings. The molecule has 0 radical (unpaired) electrons. The van der Waals surface area contributed by atoms with Crippen molar-refractivity contribution in [3.8, 4) is 17.6 Å². The van der Waals surface area contributed by atoms with Crippen LogP contribution in [-0.2, 0) is 9.59 Å². The van der Waals surface area contributed by atoms with Crippen LogP contribution >= 0.6 is 23.2 Å². The summed E-state index contributed by atoms with van der Waals surface area (Å²) in [5.41, 5.74) is 0.766. The maximum Gasteiger partial charge on any atom is 0.266 e. The van der Waals surface area contributed by atoms with Gasteiger partial charge in [0.05, 0.1) is 7.11 Å². The molecule has 2 aromatic carbocycles. The van der Waals surface area contributed by atoms with Gasteiger partial charge in [0, 0.05) is 22.3 Å². The Balaban J connectivity index is 2.18. The fourth-order valence-corrected chi connectivity index (χ4v) is 2.95. The summed E-state index contributed by atoms with van der Waals surface area (Å²) in [6.07, 6.45) is 1.40. The monoisotopic (exact) mass is 447 g/mol. The molecule has 0 heterocycles. The van der Waals surface area contributed by atoms with Crippen molar-refractivity contribution in [2.45, 2.75) is 6.92 Å². The average Bonchev–Trinajstić information content (AvgIpc) is 2.70. The lowest BCUT2D eigenvalue weighted by Gasteiger charge is -2.11. The lowest BCUT2D eigenvalue weighted by molar-refractivity contribution is -0.123. The molecule has 0 atom stereocenters. The zero-order valence-electron chi connectivity index (χ0n) is 16.3. The van der Waals surface area contributed by atoms with Crippen molar-refractivity contribution < 1.29 is 19.1 Å². The van der Waals surface area contributed by atoms with Gasteiger partial charge in [-0.1, -0.05) is 29.3 Å². The molecule has 0 aliphatic carbocycles. The van der Waals surface area contributed by atoms with E-state index in [1.165, 1.54) is 31.4 Å². The van der Waals surface area contributed by atoms with Crippen molar-refractivity contribution in [2.75, 3.05) is 25.6 Å². The van der Waals surface area contributed by atoms with Crippen LogP contribution in [0.4, 0.5) is 5.69 Å². The van der Waals surface area contributed by atoms with E-state index in [0.29, 0.717) is 39.3 Å². The van der Waals surface area contributed by atoms with Crippen molar-refractivity contribution in [3.63, 3.8) is 0 Å². The fraction of sp³-hybridized carbons (Fsp3) is 0.190. The Hall–Kier alpha value is -3.21. The minimum absolute atomic E-state index is 0.135. The summed E-state index contributed by atoms with van der Waals surface area (Å²) in [6, 6.07) is 11.2. The van der Waals surface area contributed by atoms with E-state index in [9.17, 15) is 14.9 Å². The van der Waals surface area contributed by atoms with E-state index >= 15 is 0 Å². The lowest BCUT2D eigenvalue weighted by atomic mass is 10.1. The number of amides is 2. The number of rotatable bonds is 8. The molecule has 0 bridgehead atoms. The molecule has 2 amide bonds. The van der Waals surface area contributed by atoms with Crippen LogP contribution in [0, 0.1) is 11.3 Å². The Morgan fingerprint density at radius 3 is 2.43 bits per heavy atom. The number of benzene rings is 2. The SMILES string of the molecule is CCNC(=O)COc1ccc(/C=C(\C#N)C(=O)Nc2cc(Cl)cc(Cl)c2)cc1OC. The number of hydrogen-bond donors (Lipinski definition) is 2. The van der Waals surface area contributed by atoms with Gasteiger partial charge in [0.1, 0.15) is 11.6 Å². The van der Waals surface area contributed by atoms with Gasteiger partial charge in [-0.05, 0) is 48.9 Å². The minimum atomic E-state index is -0.619. The molecule has 2 N–H and O–H groups in total. The van der Waals surface area contributed by atoms with Gasteiger partial charge in [0.25, 0.3) is 11.8 Å². The Kier molecular flexibility index (Phi) is 8.54. The number of nitrogens with zero attached hydrogens (tertiary/aromatic N) is 1. The largest absolute Gasteiger partial charge is 0.493 e. The van der Waals surface area contributed by atoms with E-state index in [4.69, 9.17) is 32.7 Å². The van der Waals surface area contributed by atoms with Gasteiger partial charge >= 0.3 is 0 Å². The maximum atomic E-state index is 12.4. The van der Waals surface area contributed by atoms with Crippen LogP contribution in [0.3, 0.4) is 0 Å². The summed E-state index contributed by atoms with van der Waals surface area (Å²) in [5.74, 6) is -0.163. The first-order valence-corrected chi connectivity index (χ1v) is 9.58. The first-order chi connectivity index (χ1) is 14.4. The summed E-state index contributed by atoms with van der Waals surface area (Å²) in [7, 11) is 1.45. The van der Waals surface area contributed by atoms with Crippen LogP contribution < -0.4 is 20.1 Å². The third-order valence-electron chi connectivity index (χ3n) is 3.72. The highest BCUT2D eigenvalue weighted by atomic mass is 35.5. The van der Waals surface area contributed by atoms with Crippen LogP contribution in [-0.4, -0.2) is 32.1 Å². The predicted molar refractivity (Wildman–Crippen MR) is 116 cm³/mol. The number of likely N-dealkylation sites (N-methyl/N-ethyl adjacent to an activating group) is 1. The van der Waals surface area contributed by atoms with E-state index in [1.807, 2.05) is 13.0 Å². The van der Waals surface area contributed by atoms with Crippen molar-refractivity contribution in [3.05, 3.63) is 57.6 Å². The number of carbonyl (C=O) groups is 2. The van der Waals surface area contributed by atoms with Crippen molar-refractivity contribution >= 4 is 46.8 Å². The average molecular weight is 448 g/mol. The molecule has 0 fully saturated rings. The minimum Gasteiger partial charge on any atom is -0.493 e. The normalized spacial score (nSPS) is 10.7. The fourth-order valence-electron chi connectivity index (χ4n) is 2.42. The van der Waals surface area contributed by atoms with Gasteiger partial charge < -0.3 is 20.1 Å². The number of methoxy groups -OCH3 is 1. The van der Waals surface area contributed by atoms with Gasteiger partial charge in [-0.15, -0.1) is 0 Å². The molecule has 30 heavy (non-hydrogen) atoms. The zero-order chi connectivity index (χ0) is 22.1. The molecule has 9 heteroatoms. The van der Waals surface area contributed by atoms with Gasteiger partial charge in [-0.25, -0.2) is 0 Å². The highest BCUT2D eigenvalue weighted by Gasteiger charge is 2.12. The van der Waals surface area contributed by atoms with Gasteiger partial charge in [-0.3, -0.25) is 9.59 Å². The number of hydrogen-bond acceptors (Lipinski definition) is 5. The molecule has 0 aromatic heterocycles. The maximum absolute atomic E-state index is 12.4. The van der Waals surface area contributed by atoms with Gasteiger partial charge in [0.2, 0.25) is 0 Å². The second-order valence-corrected chi connectivity index (χ2v) is 6.81. The molecule has 0 unspecified atom stereocenters. The molecule has 7 nitrogen and oxygen atoms in total. The van der Waals surface area contributed by atoms with Crippen molar-refractivity contribution in [1.82, 2.24) is 5.32 Å². The quantitative estimate of drug-likeness (QED) is 0.469. The summed E-state index contributed by atoms with van der Waals surface area (Å²) < 4.78 is 10.7. The number of nitrogens with one attached hydrogen (secondary N) is 2. The molecular weight excluding hydrogens is 429 g/mol. The summed E-state index contributed by atoms with van der Waals surface area (Å²) in [6.45, 7) is 2.15. The Bertz CT molecular complexity index is 996. The molecule has 0 saturated carbocycles. The Morgan fingerprint density at radius 1 is 1.13 bits per heavy atom. The molecule has 2 rings (SSSR count). The van der Waals surface area contributed by atoms with Crippen LogP contribution in [0.15, 0.2) is 42.0 Å². The molecule has 0 aliphatic heterocycles. The van der Waals surface area contributed by atoms with Crippen molar-refractivity contribution in [2.24, 2.45) is 0 Å². The number of ether oxygens (including phenoxy) is 2. The van der Waals surface area contributed by atoms with Crippen LogP contribution in [0.25, 0.3) is 6.08 Å². The van der Waals surface area contributed by atoms with E-state index < -0.39 is 5.91 Å². The van der Waals surface area contributed by atoms with Crippen LogP contribution in [0.2, 0.25) is 10.0 Å². The summed E-state index contributed by atoms with van der Waals surface area (Å²) in [4.78, 5) is 24.0. The lowest BCUT2D eigenvalue weighted by Crippen LogP contribution is -2.28. The van der Waals surface area contributed by atoms with E-state index in [2.05, 4.69) is 10.6 Å². The number of carbonyl (C=O) groups excluding carboxylic acids is 2. The number of nitriles is 1. The molecule has 156 valence electrons. The molecular formula is C21H19Cl2N3O4. The van der Waals surface area contributed by atoms with Crippen LogP contribution in [0.1, 0.15) is 12.5 Å².